The van der Waals surface area contributed by atoms with Gasteiger partial charge in [-0.05, 0) is 61.0 Å². The molecule has 170 valence electrons. The van der Waals surface area contributed by atoms with Gasteiger partial charge < -0.3 is 31.5 Å². The number of rotatable bonds is 9. The van der Waals surface area contributed by atoms with Crippen LogP contribution in [-0.4, -0.2) is 34.3 Å². The number of benzene rings is 1. The van der Waals surface area contributed by atoms with E-state index in [2.05, 4.69) is 42.5 Å². The van der Waals surface area contributed by atoms with Gasteiger partial charge in [0.1, 0.15) is 11.9 Å². The number of aliphatic hydroxyl groups is 1. The van der Waals surface area contributed by atoms with Crippen molar-refractivity contribution in [3.05, 3.63) is 53.2 Å². The van der Waals surface area contributed by atoms with Crippen LogP contribution in [-0.2, 0) is 4.74 Å². The van der Waals surface area contributed by atoms with Crippen molar-refractivity contribution in [1.82, 2.24) is 10.1 Å². The molecule has 8 nitrogen and oxygen atoms in total. The zero-order valence-electron chi connectivity index (χ0n) is 18.5. The SMILES string of the molecule is CC.CCOC(C)(C)C(O)c1cnc(Nc2cccc(/C(=N/N)NPI)c2)c(C=N)c1. The molecule has 10 heteroatoms. The number of nitrogens with one attached hydrogen (secondary N) is 3. The molecule has 0 saturated heterocycles. The second-order valence-electron chi connectivity index (χ2n) is 6.69. The summed E-state index contributed by atoms with van der Waals surface area (Å²) >= 11 is 2.21. The van der Waals surface area contributed by atoms with Crippen LogP contribution in [0.1, 0.15) is 57.4 Å². The van der Waals surface area contributed by atoms with Crippen LogP contribution >= 0.6 is 28.4 Å². The van der Waals surface area contributed by atoms with Gasteiger partial charge in [0.25, 0.3) is 0 Å². The Morgan fingerprint density at radius 2 is 2.13 bits per heavy atom. The Hall–Kier alpha value is -1.81. The van der Waals surface area contributed by atoms with Gasteiger partial charge >= 0.3 is 0 Å². The molecule has 2 rings (SSSR count). The van der Waals surface area contributed by atoms with Crippen molar-refractivity contribution in [3.8, 4) is 0 Å². The van der Waals surface area contributed by atoms with Crippen LogP contribution < -0.4 is 16.2 Å². The summed E-state index contributed by atoms with van der Waals surface area (Å²) < 4.78 is 5.63. The molecular weight excluding hydrogens is 526 g/mol. The monoisotopic (exact) mass is 558 g/mol. The lowest BCUT2D eigenvalue weighted by Crippen LogP contribution is -2.33. The molecule has 2 aromatic rings. The second kappa shape index (κ2) is 13.6. The predicted molar refractivity (Wildman–Crippen MR) is 140 cm³/mol. The lowest BCUT2D eigenvalue weighted by Gasteiger charge is -2.30. The first-order chi connectivity index (χ1) is 14.9. The van der Waals surface area contributed by atoms with E-state index in [0.717, 1.165) is 11.3 Å². The van der Waals surface area contributed by atoms with E-state index in [1.54, 1.807) is 12.3 Å². The number of nitrogens with zero attached hydrogens (tertiary/aromatic N) is 2. The summed E-state index contributed by atoms with van der Waals surface area (Å²) in [5, 5.41) is 28.5. The highest BCUT2D eigenvalue weighted by atomic mass is 127. The third kappa shape index (κ3) is 7.68. The van der Waals surface area contributed by atoms with Crippen molar-refractivity contribution < 1.29 is 9.84 Å². The van der Waals surface area contributed by atoms with Crippen LogP contribution in [0.5, 0.6) is 0 Å². The molecule has 0 aliphatic heterocycles. The minimum Gasteiger partial charge on any atom is -0.385 e. The van der Waals surface area contributed by atoms with Crippen LogP contribution in [0, 0.1) is 5.41 Å². The lowest BCUT2D eigenvalue weighted by molar-refractivity contribution is -0.0984. The summed E-state index contributed by atoms with van der Waals surface area (Å²) in [4.78, 5) is 4.42. The number of halogens is 1. The Labute approximate surface area is 199 Å². The molecule has 31 heavy (non-hydrogen) atoms. The summed E-state index contributed by atoms with van der Waals surface area (Å²) in [6, 6.07) is 9.31. The van der Waals surface area contributed by atoms with Crippen LogP contribution in [0.4, 0.5) is 11.5 Å². The van der Waals surface area contributed by atoms with E-state index in [1.807, 2.05) is 58.9 Å². The first kappa shape index (κ1) is 27.2. The normalized spacial score (nSPS) is 12.8. The Balaban J connectivity index is 0.00000233. The van der Waals surface area contributed by atoms with E-state index in [9.17, 15) is 5.11 Å². The maximum atomic E-state index is 10.7. The highest BCUT2D eigenvalue weighted by Crippen LogP contribution is 2.30. The van der Waals surface area contributed by atoms with Crippen LogP contribution in [0.25, 0.3) is 0 Å². The number of aliphatic hydroxyl groups excluding tert-OH is 1. The van der Waals surface area contributed by atoms with Gasteiger partial charge in [-0.3, -0.25) is 0 Å². The van der Waals surface area contributed by atoms with Gasteiger partial charge in [0.2, 0.25) is 0 Å². The number of ether oxygens (including phenoxy) is 1. The van der Waals surface area contributed by atoms with E-state index < -0.39 is 11.7 Å². The van der Waals surface area contributed by atoms with E-state index in [-0.39, 0.29) is 0 Å². The Morgan fingerprint density at radius 3 is 2.71 bits per heavy atom. The zero-order chi connectivity index (χ0) is 23.4. The van der Waals surface area contributed by atoms with Crippen molar-refractivity contribution in [3.63, 3.8) is 0 Å². The molecule has 2 unspecified atom stereocenters. The average Bonchev–Trinajstić information content (AvgIpc) is 2.78. The number of hydrogen-bond donors (Lipinski definition) is 5. The Kier molecular flexibility index (Phi) is 11.9. The molecule has 6 N–H and O–H groups in total. The smallest absolute Gasteiger partial charge is 0.156 e. The van der Waals surface area contributed by atoms with Gasteiger partial charge in [-0.2, -0.15) is 5.10 Å². The van der Waals surface area contributed by atoms with Gasteiger partial charge in [0.05, 0.1) is 5.60 Å². The van der Waals surface area contributed by atoms with Crippen molar-refractivity contribution >= 4 is 52.0 Å². The molecule has 1 aromatic carbocycles. The van der Waals surface area contributed by atoms with Crippen molar-refractivity contribution in [2.45, 2.75) is 46.3 Å². The van der Waals surface area contributed by atoms with Crippen molar-refractivity contribution in [2.24, 2.45) is 10.9 Å². The number of hydrogen-bond acceptors (Lipinski definition) is 7. The maximum absolute atomic E-state index is 10.7. The molecule has 0 spiro atoms. The number of nitrogens with two attached hydrogens (primary N) is 1. The summed E-state index contributed by atoms with van der Waals surface area (Å²) in [7, 11) is 0. The maximum Gasteiger partial charge on any atom is 0.156 e. The van der Waals surface area contributed by atoms with Crippen molar-refractivity contribution in [2.75, 3.05) is 11.9 Å². The Bertz CT molecular complexity index is 879. The van der Waals surface area contributed by atoms with Gasteiger partial charge in [0, 0.05) is 47.8 Å². The molecule has 0 amide bonds. The molecule has 0 fully saturated rings. The predicted octanol–water partition coefficient (Wildman–Crippen LogP) is 4.85. The van der Waals surface area contributed by atoms with Gasteiger partial charge in [0.15, 0.2) is 5.84 Å². The number of amidine groups is 1. The first-order valence-electron chi connectivity index (χ1n) is 9.95. The van der Waals surface area contributed by atoms with Gasteiger partial charge in [-0.15, -0.1) is 0 Å². The molecule has 0 aliphatic carbocycles. The minimum absolute atomic E-state index is 0.442. The molecule has 0 radical (unpaired) electrons. The third-order valence-corrected chi connectivity index (χ3v) is 5.42. The molecule has 2 atom stereocenters. The number of anilines is 2. The number of aromatic nitrogens is 1. The summed E-state index contributed by atoms with van der Waals surface area (Å²) in [5.41, 5.74) is 2.00. The average molecular weight is 558 g/mol. The molecule has 1 aromatic heterocycles. The van der Waals surface area contributed by atoms with E-state index in [0.29, 0.717) is 35.8 Å². The zero-order valence-corrected chi connectivity index (χ0v) is 21.7. The molecule has 0 saturated carbocycles. The second-order valence-corrected chi connectivity index (χ2v) is 8.75. The van der Waals surface area contributed by atoms with Crippen LogP contribution in [0.3, 0.4) is 0 Å². The first-order valence-corrected chi connectivity index (χ1v) is 14.1. The summed E-state index contributed by atoms with van der Waals surface area (Å²) in [6.45, 7) is 10.0. The summed E-state index contributed by atoms with van der Waals surface area (Å²) in [5.74, 6) is 6.58. The molecule has 1 heterocycles. The molecule has 0 bridgehead atoms. The number of pyridine rings is 1. The van der Waals surface area contributed by atoms with E-state index in [4.69, 9.17) is 16.0 Å². The summed E-state index contributed by atoms with van der Waals surface area (Å²) in [6.07, 6.45) is 2.37. The van der Waals surface area contributed by atoms with E-state index in [1.165, 1.54) is 6.21 Å². The highest BCUT2D eigenvalue weighted by molar-refractivity contribution is 14.2. The molecule has 0 aliphatic rings. The lowest BCUT2D eigenvalue weighted by atomic mass is 9.94. The highest BCUT2D eigenvalue weighted by Gasteiger charge is 2.30. The fourth-order valence-electron chi connectivity index (χ4n) is 2.82. The standard InChI is InChI=1S/C19H26IN6O2P.C2H6/c1-4-28-19(2,3)16(27)14-8-13(10-21)17(23-11-14)24-15-7-5-6-12(9-15)18(25-22)26-29-20;1-2/h5-11,16,21,27,29H,4,22H2,1-3H3,(H,23,24)(H,25,26);1-2H3. The van der Waals surface area contributed by atoms with E-state index >= 15 is 0 Å². The largest absolute Gasteiger partial charge is 0.385 e. The fraction of sp³-hybridized carbons (Fsp3) is 0.381. The van der Waals surface area contributed by atoms with Crippen LogP contribution in [0.2, 0.25) is 0 Å². The topological polar surface area (TPSA) is 129 Å². The van der Waals surface area contributed by atoms with Gasteiger partial charge in [-0.25, -0.2) is 4.98 Å². The Morgan fingerprint density at radius 1 is 1.42 bits per heavy atom. The van der Waals surface area contributed by atoms with Gasteiger partial charge in [-0.1, -0.05) is 26.0 Å². The minimum atomic E-state index is -0.866. The van der Waals surface area contributed by atoms with Crippen molar-refractivity contribution in [1.29, 1.82) is 5.41 Å². The molecular formula is C21H32IN6O2P. The third-order valence-electron chi connectivity index (χ3n) is 4.28. The fourth-order valence-corrected chi connectivity index (χ4v) is 3.88. The van der Waals surface area contributed by atoms with Crippen LogP contribution in [0.15, 0.2) is 41.6 Å². The quantitative estimate of drug-likeness (QED) is 0.0748. The number of hydrazone groups is 1.